The van der Waals surface area contributed by atoms with Crippen molar-refractivity contribution in [2.24, 2.45) is 0 Å². The first-order chi connectivity index (χ1) is 16.8. The van der Waals surface area contributed by atoms with Crippen LogP contribution in [-0.2, 0) is 16.4 Å². The summed E-state index contributed by atoms with van der Waals surface area (Å²) in [7, 11) is -1.13. The third-order valence-electron chi connectivity index (χ3n) is 6.04. The monoisotopic (exact) mass is 495 g/mol. The fourth-order valence-corrected chi connectivity index (χ4v) is 4.57. The van der Waals surface area contributed by atoms with Gasteiger partial charge in [-0.05, 0) is 49.9 Å². The Morgan fingerprint density at radius 2 is 1.77 bits per heavy atom. The minimum atomic E-state index is -3.27. The summed E-state index contributed by atoms with van der Waals surface area (Å²) < 4.78 is 30.5. The average molecular weight is 496 g/mol. The summed E-state index contributed by atoms with van der Waals surface area (Å²) in [5.74, 6) is 2.71. The first-order valence-corrected chi connectivity index (χ1v) is 13.2. The molecule has 12 heteroatoms. The number of likely N-dealkylation sites (N-methyl/N-ethyl adjacent to an activating group) is 1. The van der Waals surface area contributed by atoms with Crippen LogP contribution in [0, 0.1) is 6.92 Å². The summed E-state index contributed by atoms with van der Waals surface area (Å²) in [5.41, 5.74) is 1.75. The maximum Gasteiger partial charge on any atom is 0.297 e. The molecule has 5 rings (SSSR count). The number of aromatic amines is 1. The number of benzene rings is 1. The van der Waals surface area contributed by atoms with Gasteiger partial charge in [0.25, 0.3) is 11.7 Å². The number of piperazine rings is 1. The standard InChI is InChI=1S/C23H26N8O3S/c1-16-25-22(23-26-21(28-34-23)18-4-6-19(7-5-18)35(3,32)33)27-31(16)15-17-8-9-24-20(14-17)30-12-10-29(2)11-13-30/h4-9,14H,10-13,15H2,1-3H3/p+1. The number of aryl methyl sites for hydroxylation is 1. The van der Waals surface area contributed by atoms with Crippen molar-refractivity contribution >= 4 is 15.7 Å². The van der Waals surface area contributed by atoms with Gasteiger partial charge in [-0.1, -0.05) is 5.16 Å². The Morgan fingerprint density at radius 3 is 2.49 bits per heavy atom. The van der Waals surface area contributed by atoms with Gasteiger partial charge < -0.3 is 4.52 Å². The molecule has 4 aromatic rings. The summed E-state index contributed by atoms with van der Waals surface area (Å²) in [6.45, 7) is 6.49. The van der Waals surface area contributed by atoms with Crippen LogP contribution >= 0.6 is 0 Å². The lowest BCUT2D eigenvalue weighted by atomic mass is 10.2. The molecule has 35 heavy (non-hydrogen) atoms. The van der Waals surface area contributed by atoms with E-state index in [9.17, 15) is 8.42 Å². The Kier molecular flexibility index (Phi) is 6.07. The number of anilines is 1. The van der Waals surface area contributed by atoms with E-state index in [1.165, 1.54) is 18.4 Å². The molecule has 0 aliphatic carbocycles. The molecule has 0 unspecified atom stereocenters. The van der Waals surface area contributed by atoms with Crippen molar-refractivity contribution in [3.8, 4) is 23.1 Å². The smallest absolute Gasteiger partial charge is 0.297 e. The third-order valence-corrected chi connectivity index (χ3v) is 7.17. The number of H-pyrrole nitrogens is 1. The van der Waals surface area contributed by atoms with Crippen LogP contribution in [0.4, 0.5) is 5.82 Å². The van der Waals surface area contributed by atoms with Crippen LogP contribution in [0.3, 0.4) is 0 Å². The van der Waals surface area contributed by atoms with Crippen LogP contribution in [0.2, 0.25) is 0 Å². The Bertz CT molecular complexity index is 1440. The second-order valence-corrected chi connectivity index (χ2v) is 10.7. The minimum Gasteiger partial charge on any atom is -0.330 e. The zero-order chi connectivity index (χ0) is 24.6. The van der Waals surface area contributed by atoms with Gasteiger partial charge >= 0.3 is 0 Å². The molecule has 1 saturated heterocycles. The van der Waals surface area contributed by atoms with Crippen molar-refractivity contribution < 1.29 is 17.9 Å². The molecule has 182 valence electrons. The Hall–Kier alpha value is -3.64. The number of nitrogens with zero attached hydrogens (tertiary/aromatic N) is 7. The first-order valence-electron chi connectivity index (χ1n) is 11.3. The molecule has 1 aliphatic heterocycles. The predicted molar refractivity (Wildman–Crippen MR) is 128 cm³/mol. The Balaban J connectivity index is 1.33. The van der Waals surface area contributed by atoms with E-state index in [1.54, 1.807) is 12.1 Å². The van der Waals surface area contributed by atoms with Crippen molar-refractivity contribution in [1.29, 1.82) is 0 Å². The first kappa shape index (κ1) is 23.1. The van der Waals surface area contributed by atoms with Gasteiger partial charge in [-0.2, -0.15) is 4.98 Å². The lowest BCUT2D eigenvalue weighted by molar-refractivity contribution is -0.364. The van der Waals surface area contributed by atoms with Crippen molar-refractivity contribution in [1.82, 2.24) is 29.8 Å². The second kappa shape index (κ2) is 9.19. The minimum absolute atomic E-state index is 0.202. The lowest BCUT2D eigenvalue weighted by Crippen LogP contribution is -2.46. The number of nitrogens with one attached hydrogen (secondary N) is 1. The van der Waals surface area contributed by atoms with E-state index in [-0.39, 0.29) is 10.8 Å². The number of sulfone groups is 1. The topological polar surface area (TPSA) is 124 Å². The largest absolute Gasteiger partial charge is 0.330 e. The second-order valence-electron chi connectivity index (χ2n) is 8.73. The van der Waals surface area contributed by atoms with Crippen molar-refractivity contribution in [3.63, 3.8) is 0 Å². The van der Waals surface area contributed by atoms with Crippen LogP contribution < -0.4 is 9.88 Å². The summed E-state index contributed by atoms with van der Waals surface area (Å²) >= 11 is 0. The molecule has 1 N–H and O–H groups in total. The van der Waals surface area contributed by atoms with Crippen LogP contribution in [0.15, 0.2) is 52.0 Å². The van der Waals surface area contributed by atoms with Gasteiger partial charge in [0.05, 0.1) is 30.7 Å². The van der Waals surface area contributed by atoms with E-state index >= 15 is 0 Å². The molecule has 0 bridgehead atoms. The van der Waals surface area contributed by atoms with Crippen molar-refractivity contribution in [2.75, 3.05) is 44.4 Å². The fourth-order valence-electron chi connectivity index (χ4n) is 3.94. The normalized spacial score (nSPS) is 15.0. The maximum atomic E-state index is 11.7. The zero-order valence-electron chi connectivity index (χ0n) is 19.8. The van der Waals surface area contributed by atoms with Gasteiger partial charge in [0, 0.05) is 31.0 Å². The molecular weight excluding hydrogens is 468 g/mol. The molecule has 4 heterocycles. The van der Waals surface area contributed by atoms with E-state index in [0.29, 0.717) is 23.8 Å². The maximum absolute atomic E-state index is 11.7. The van der Waals surface area contributed by atoms with E-state index in [4.69, 9.17) is 4.52 Å². The van der Waals surface area contributed by atoms with Crippen molar-refractivity contribution in [3.05, 3.63) is 54.0 Å². The Labute approximate surface area is 203 Å². The van der Waals surface area contributed by atoms with Gasteiger partial charge in [-0.15, -0.1) is 5.10 Å². The summed E-state index contributed by atoms with van der Waals surface area (Å²) in [6.07, 6.45) is 3.12. The molecule has 0 radical (unpaired) electrons. The summed E-state index contributed by atoms with van der Waals surface area (Å²) in [6, 6.07) is 10.5. The molecule has 0 spiro atoms. The van der Waals surface area contributed by atoms with Gasteiger partial charge in [0.15, 0.2) is 9.84 Å². The molecule has 0 saturated carbocycles. The highest BCUT2D eigenvalue weighted by molar-refractivity contribution is 7.90. The van der Waals surface area contributed by atoms with Gasteiger partial charge in [-0.3, -0.25) is 9.80 Å². The third kappa shape index (κ3) is 5.08. The van der Waals surface area contributed by atoms with Crippen LogP contribution in [0.5, 0.6) is 0 Å². The molecule has 11 nitrogen and oxygen atoms in total. The molecule has 1 fully saturated rings. The molecular formula is C23H27N8O3S+. The quantitative estimate of drug-likeness (QED) is 0.389. The van der Waals surface area contributed by atoms with E-state index in [2.05, 4.69) is 48.1 Å². The number of hydrogen-bond donors (Lipinski definition) is 0. The number of rotatable bonds is 6. The van der Waals surface area contributed by atoms with Crippen LogP contribution in [0.25, 0.3) is 23.1 Å². The zero-order valence-corrected chi connectivity index (χ0v) is 20.7. The Morgan fingerprint density at radius 1 is 1.03 bits per heavy atom. The van der Waals surface area contributed by atoms with E-state index in [1.807, 2.05) is 23.9 Å². The van der Waals surface area contributed by atoms with Gasteiger partial charge in [0.2, 0.25) is 11.6 Å². The lowest BCUT2D eigenvalue weighted by Gasteiger charge is -2.27. The highest BCUT2D eigenvalue weighted by Crippen LogP contribution is 2.22. The van der Waals surface area contributed by atoms with Gasteiger partial charge in [0.1, 0.15) is 5.82 Å². The molecule has 0 amide bonds. The number of pyridine rings is 1. The van der Waals surface area contributed by atoms with Crippen LogP contribution in [-0.4, -0.2) is 77.7 Å². The highest BCUT2D eigenvalue weighted by Gasteiger charge is 2.22. The molecule has 0 atom stereocenters. The van der Waals surface area contributed by atoms with Crippen LogP contribution in [0.1, 0.15) is 11.4 Å². The average Bonchev–Trinajstić information content (AvgIpc) is 3.47. The van der Waals surface area contributed by atoms with Crippen molar-refractivity contribution in [2.45, 2.75) is 18.4 Å². The SMILES string of the molecule is Cc1nc(-c2nc(-c3ccc(S(C)(=O)=O)cc3)no2)nn1Cc1cc[nH+]c(N2CCN(C)CC2)c1. The summed E-state index contributed by atoms with van der Waals surface area (Å²) in [5, 5.41) is 8.59. The van der Waals surface area contributed by atoms with E-state index < -0.39 is 9.84 Å². The molecule has 3 aromatic heterocycles. The van der Waals surface area contributed by atoms with E-state index in [0.717, 1.165) is 43.4 Å². The van der Waals surface area contributed by atoms with Gasteiger partial charge in [-0.25, -0.2) is 23.1 Å². The fraction of sp³-hybridized carbons (Fsp3) is 0.348. The highest BCUT2D eigenvalue weighted by atomic mass is 32.2. The summed E-state index contributed by atoms with van der Waals surface area (Å²) in [4.78, 5) is 17.2. The predicted octanol–water partition coefficient (Wildman–Crippen LogP) is 1.32. The molecule has 1 aromatic carbocycles. The molecule has 1 aliphatic rings. The number of aromatic nitrogens is 6. The number of hydrogen-bond acceptors (Lipinski definition) is 9.